The highest BCUT2D eigenvalue weighted by Gasteiger charge is 2.37. The van der Waals surface area contributed by atoms with Crippen molar-refractivity contribution in [3.05, 3.63) is 35.4 Å². The molecule has 0 radical (unpaired) electrons. The van der Waals surface area contributed by atoms with Crippen LogP contribution in [0.15, 0.2) is 24.3 Å². The van der Waals surface area contributed by atoms with Crippen LogP contribution < -0.4 is 5.73 Å². The van der Waals surface area contributed by atoms with Crippen molar-refractivity contribution in [1.82, 2.24) is 0 Å². The summed E-state index contributed by atoms with van der Waals surface area (Å²) in [6, 6.07) is 8.88. The third-order valence-electron chi connectivity index (χ3n) is 4.59. The SMILES string of the molecule is CC1(C(N)CC2OCCc3ccccc32)CCCS1. The average Bonchev–Trinajstić information content (AvgIpc) is 2.87. The Labute approximate surface area is 120 Å². The molecule has 1 fully saturated rings. The zero-order chi connectivity index (χ0) is 13.3. The van der Waals surface area contributed by atoms with Crippen molar-refractivity contribution < 1.29 is 4.74 Å². The van der Waals surface area contributed by atoms with Gasteiger partial charge >= 0.3 is 0 Å². The van der Waals surface area contributed by atoms with E-state index in [1.54, 1.807) is 0 Å². The smallest absolute Gasteiger partial charge is 0.0843 e. The van der Waals surface area contributed by atoms with Gasteiger partial charge in [0.1, 0.15) is 0 Å². The van der Waals surface area contributed by atoms with Gasteiger partial charge in [0, 0.05) is 10.8 Å². The summed E-state index contributed by atoms with van der Waals surface area (Å²) in [6.45, 7) is 3.16. The molecule has 0 saturated carbocycles. The van der Waals surface area contributed by atoms with Crippen LogP contribution in [-0.2, 0) is 11.2 Å². The van der Waals surface area contributed by atoms with Crippen molar-refractivity contribution >= 4 is 11.8 Å². The normalized spacial score (nSPS) is 32.0. The largest absolute Gasteiger partial charge is 0.373 e. The van der Waals surface area contributed by atoms with E-state index in [1.165, 1.54) is 29.7 Å². The van der Waals surface area contributed by atoms with Crippen molar-refractivity contribution in [3.63, 3.8) is 0 Å². The second-order valence-electron chi connectivity index (χ2n) is 5.92. The van der Waals surface area contributed by atoms with E-state index in [0.717, 1.165) is 19.4 Å². The molecule has 3 rings (SSSR count). The van der Waals surface area contributed by atoms with Crippen molar-refractivity contribution in [2.24, 2.45) is 5.73 Å². The summed E-state index contributed by atoms with van der Waals surface area (Å²) in [5.74, 6) is 1.26. The summed E-state index contributed by atoms with van der Waals surface area (Å²) in [7, 11) is 0. The second kappa shape index (κ2) is 5.47. The maximum absolute atomic E-state index is 6.50. The highest BCUT2D eigenvalue weighted by Crippen LogP contribution is 2.43. The van der Waals surface area contributed by atoms with Gasteiger partial charge in [0.05, 0.1) is 12.7 Å². The van der Waals surface area contributed by atoms with Crippen LogP contribution in [-0.4, -0.2) is 23.1 Å². The molecule has 0 aromatic heterocycles. The lowest BCUT2D eigenvalue weighted by Gasteiger charge is -2.35. The molecule has 0 amide bonds. The number of thioether (sulfide) groups is 1. The first kappa shape index (κ1) is 13.5. The minimum atomic E-state index is 0.193. The van der Waals surface area contributed by atoms with Crippen LogP contribution in [0.2, 0.25) is 0 Å². The molecule has 2 heterocycles. The predicted molar refractivity (Wildman–Crippen MR) is 81.5 cm³/mol. The zero-order valence-corrected chi connectivity index (χ0v) is 12.4. The fourth-order valence-electron chi connectivity index (χ4n) is 3.24. The van der Waals surface area contributed by atoms with Gasteiger partial charge in [-0.3, -0.25) is 0 Å². The molecule has 3 unspecified atom stereocenters. The Balaban J connectivity index is 1.74. The lowest BCUT2D eigenvalue weighted by Crippen LogP contribution is -2.42. The van der Waals surface area contributed by atoms with Gasteiger partial charge in [-0.25, -0.2) is 0 Å². The topological polar surface area (TPSA) is 35.2 Å². The Kier molecular flexibility index (Phi) is 3.88. The molecule has 3 heteroatoms. The number of hydrogen-bond donors (Lipinski definition) is 1. The van der Waals surface area contributed by atoms with Crippen LogP contribution in [0.25, 0.3) is 0 Å². The molecule has 1 saturated heterocycles. The molecule has 19 heavy (non-hydrogen) atoms. The minimum absolute atomic E-state index is 0.193. The number of benzene rings is 1. The maximum Gasteiger partial charge on any atom is 0.0843 e. The predicted octanol–water partition coefficient (Wildman–Crippen LogP) is 3.30. The summed E-state index contributed by atoms with van der Waals surface area (Å²) in [5.41, 5.74) is 9.30. The Morgan fingerprint density at radius 2 is 2.32 bits per heavy atom. The van der Waals surface area contributed by atoms with E-state index in [0.29, 0.717) is 0 Å². The van der Waals surface area contributed by atoms with Gasteiger partial charge in [0.15, 0.2) is 0 Å². The lowest BCUT2D eigenvalue weighted by atomic mass is 9.88. The quantitative estimate of drug-likeness (QED) is 0.920. The highest BCUT2D eigenvalue weighted by atomic mass is 32.2. The first-order valence-corrected chi connectivity index (χ1v) is 8.26. The number of hydrogen-bond acceptors (Lipinski definition) is 3. The van der Waals surface area contributed by atoms with Crippen molar-refractivity contribution in [2.75, 3.05) is 12.4 Å². The number of fused-ring (bicyclic) bond motifs is 1. The standard InChI is InChI=1S/C16H23NOS/c1-16(8-4-10-19-16)15(17)11-14-13-6-3-2-5-12(13)7-9-18-14/h2-3,5-6,14-15H,4,7-11,17H2,1H3. The third kappa shape index (κ3) is 2.69. The van der Waals surface area contributed by atoms with E-state index in [4.69, 9.17) is 10.5 Å². The van der Waals surface area contributed by atoms with E-state index < -0.39 is 0 Å². The number of ether oxygens (including phenoxy) is 1. The van der Waals surface area contributed by atoms with Gasteiger partial charge in [-0.05, 0) is 49.5 Å². The van der Waals surface area contributed by atoms with Gasteiger partial charge in [-0.1, -0.05) is 24.3 Å². The van der Waals surface area contributed by atoms with Crippen molar-refractivity contribution in [2.45, 2.75) is 49.5 Å². The van der Waals surface area contributed by atoms with E-state index in [-0.39, 0.29) is 16.9 Å². The molecule has 2 aliphatic rings. The fraction of sp³-hybridized carbons (Fsp3) is 0.625. The Bertz CT molecular complexity index is 442. The second-order valence-corrected chi connectivity index (χ2v) is 7.54. The monoisotopic (exact) mass is 277 g/mol. The zero-order valence-electron chi connectivity index (χ0n) is 11.6. The van der Waals surface area contributed by atoms with Crippen LogP contribution >= 0.6 is 11.8 Å². The van der Waals surface area contributed by atoms with Crippen molar-refractivity contribution in [1.29, 1.82) is 0 Å². The average molecular weight is 277 g/mol. The number of rotatable bonds is 3. The van der Waals surface area contributed by atoms with Crippen LogP contribution in [0.3, 0.4) is 0 Å². The molecule has 0 bridgehead atoms. The summed E-state index contributed by atoms with van der Waals surface area (Å²) in [4.78, 5) is 0. The van der Waals surface area contributed by atoms with E-state index >= 15 is 0 Å². The molecule has 2 nitrogen and oxygen atoms in total. The van der Waals surface area contributed by atoms with Crippen LogP contribution in [0.1, 0.15) is 43.4 Å². The van der Waals surface area contributed by atoms with Crippen LogP contribution in [0.5, 0.6) is 0 Å². The molecule has 2 N–H and O–H groups in total. The third-order valence-corrected chi connectivity index (χ3v) is 6.25. The summed E-state index contributed by atoms with van der Waals surface area (Å²) < 4.78 is 6.24. The first-order valence-electron chi connectivity index (χ1n) is 7.28. The molecule has 0 spiro atoms. The lowest BCUT2D eigenvalue weighted by molar-refractivity contribution is 0.0298. The van der Waals surface area contributed by atoms with Gasteiger partial charge in [0.2, 0.25) is 0 Å². The van der Waals surface area contributed by atoms with E-state index in [2.05, 4.69) is 31.2 Å². The Morgan fingerprint density at radius 3 is 3.11 bits per heavy atom. The van der Waals surface area contributed by atoms with Gasteiger partial charge in [-0.15, -0.1) is 0 Å². The molecule has 2 aliphatic heterocycles. The van der Waals surface area contributed by atoms with E-state index in [9.17, 15) is 0 Å². The van der Waals surface area contributed by atoms with Gasteiger partial charge < -0.3 is 10.5 Å². The molecular formula is C16H23NOS. The first-order chi connectivity index (χ1) is 9.19. The Morgan fingerprint density at radius 1 is 1.47 bits per heavy atom. The van der Waals surface area contributed by atoms with Gasteiger partial charge in [-0.2, -0.15) is 11.8 Å². The van der Waals surface area contributed by atoms with E-state index in [1.807, 2.05) is 11.8 Å². The molecule has 3 atom stereocenters. The Hall–Kier alpha value is -0.510. The molecule has 104 valence electrons. The van der Waals surface area contributed by atoms with Crippen LogP contribution in [0, 0.1) is 0 Å². The summed E-state index contributed by atoms with van der Waals surface area (Å²) in [6.07, 6.45) is 4.72. The summed E-state index contributed by atoms with van der Waals surface area (Å²) in [5, 5.41) is 0. The maximum atomic E-state index is 6.50. The van der Waals surface area contributed by atoms with Crippen LogP contribution in [0.4, 0.5) is 0 Å². The molecule has 1 aromatic rings. The number of nitrogens with two attached hydrogens (primary N) is 1. The van der Waals surface area contributed by atoms with Crippen molar-refractivity contribution in [3.8, 4) is 0 Å². The molecule has 0 aliphatic carbocycles. The molecular weight excluding hydrogens is 254 g/mol. The summed E-state index contributed by atoms with van der Waals surface area (Å²) >= 11 is 2.04. The van der Waals surface area contributed by atoms with Gasteiger partial charge in [0.25, 0.3) is 0 Å². The molecule has 1 aromatic carbocycles. The highest BCUT2D eigenvalue weighted by molar-refractivity contribution is 8.00. The fourth-order valence-corrected chi connectivity index (χ4v) is 4.60. The minimum Gasteiger partial charge on any atom is -0.373 e.